The van der Waals surface area contributed by atoms with Gasteiger partial charge in [-0.15, -0.1) is 0 Å². The van der Waals surface area contributed by atoms with Gasteiger partial charge < -0.3 is 4.74 Å². The van der Waals surface area contributed by atoms with Gasteiger partial charge >= 0.3 is 0 Å². The number of hydrogen-bond donors (Lipinski definition) is 1. The van der Waals surface area contributed by atoms with E-state index in [-0.39, 0.29) is 29.5 Å². The molecular weight excluding hydrogens is 325 g/mol. The molecule has 0 unspecified atom stereocenters. The van der Waals surface area contributed by atoms with Crippen molar-refractivity contribution in [1.82, 2.24) is 14.7 Å². The number of halogens is 1. The van der Waals surface area contributed by atoms with Gasteiger partial charge in [0, 0.05) is 11.9 Å². The molecule has 2 heterocycles. The van der Waals surface area contributed by atoms with Gasteiger partial charge in [0.15, 0.2) is 0 Å². The van der Waals surface area contributed by atoms with Crippen molar-refractivity contribution in [2.75, 3.05) is 6.61 Å². The summed E-state index contributed by atoms with van der Waals surface area (Å²) in [7, 11) is -4.13. The highest BCUT2D eigenvalue weighted by atomic mass is 32.2. The van der Waals surface area contributed by atoms with Gasteiger partial charge in [-0.2, -0.15) is 0 Å². The summed E-state index contributed by atoms with van der Waals surface area (Å²) >= 11 is 0. The second-order valence-corrected chi connectivity index (χ2v) is 6.06. The van der Waals surface area contributed by atoms with Gasteiger partial charge in [-0.1, -0.05) is 0 Å². The van der Waals surface area contributed by atoms with E-state index in [2.05, 4.69) is 9.97 Å². The van der Waals surface area contributed by atoms with E-state index in [1.165, 1.54) is 24.4 Å². The molecule has 0 atom stereocenters. The van der Waals surface area contributed by atoms with Crippen LogP contribution in [-0.2, 0) is 21.2 Å². The Labute approximate surface area is 132 Å². The van der Waals surface area contributed by atoms with Gasteiger partial charge in [-0.05, 0) is 31.2 Å². The highest BCUT2D eigenvalue weighted by molar-refractivity contribution is 7.90. The molecule has 2 rings (SSSR count). The monoisotopic (exact) mass is 339 g/mol. The van der Waals surface area contributed by atoms with Crippen LogP contribution in [0.2, 0.25) is 0 Å². The van der Waals surface area contributed by atoms with Crippen LogP contribution in [0.4, 0.5) is 4.39 Å². The molecule has 0 spiro atoms. The maximum Gasteiger partial charge on any atom is 0.269 e. The fraction of sp³-hybridized carbons (Fsp3) is 0.214. The molecule has 2 aromatic heterocycles. The molecule has 23 heavy (non-hydrogen) atoms. The first-order chi connectivity index (χ1) is 10.9. The third kappa shape index (κ3) is 4.46. The molecule has 0 aliphatic rings. The summed E-state index contributed by atoms with van der Waals surface area (Å²) < 4.78 is 44.3. The minimum atomic E-state index is -4.13. The first kappa shape index (κ1) is 16.8. The molecule has 0 radical (unpaired) electrons. The van der Waals surface area contributed by atoms with Crippen molar-refractivity contribution in [3.8, 4) is 5.88 Å². The SMILES string of the molecule is CCOc1ncccc1S(=O)(=O)NC(=O)Cc1ccc(F)cn1. The zero-order valence-electron chi connectivity index (χ0n) is 12.2. The first-order valence-electron chi connectivity index (χ1n) is 6.66. The average molecular weight is 339 g/mol. The van der Waals surface area contributed by atoms with E-state index < -0.39 is 21.7 Å². The van der Waals surface area contributed by atoms with E-state index >= 15 is 0 Å². The van der Waals surface area contributed by atoms with Crippen LogP contribution in [0.5, 0.6) is 5.88 Å². The third-order valence-electron chi connectivity index (χ3n) is 2.69. The second kappa shape index (κ2) is 7.14. The minimum Gasteiger partial charge on any atom is -0.477 e. The molecule has 0 aliphatic carbocycles. The van der Waals surface area contributed by atoms with Crippen molar-refractivity contribution in [2.45, 2.75) is 18.2 Å². The van der Waals surface area contributed by atoms with Crippen LogP contribution >= 0.6 is 0 Å². The number of ether oxygens (including phenoxy) is 1. The normalized spacial score (nSPS) is 11.0. The van der Waals surface area contributed by atoms with Crippen molar-refractivity contribution < 1.29 is 22.3 Å². The van der Waals surface area contributed by atoms with Crippen LogP contribution in [0.1, 0.15) is 12.6 Å². The predicted octanol–water partition coefficient (Wildman–Crippen LogP) is 1.06. The molecular formula is C14H14FN3O4S. The molecule has 1 N–H and O–H groups in total. The highest BCUT2D eigenvalue weighted by Crippen LogP contribution is 2.20. The number of carbonyl (C=O) groups is 1. The standard InChI is InChI=1S/C14H14FN3O4S/c1-2-22-14-12(4-3-7-16-14)23(20,21)18-13(19)8-11-6-5-10(15)9-17-11/h3-7,9H,2,8H2,1H3,(H,18,19). The van der Waals surface area contributed by atoms with E-state index in [1.54, 1.807) is 6.92 Å². The number of sulfonamides is 1. The fourth-order valence-electron chi connectivity index (χ4n) is 1.74. The lowest BCUT2D eigenvalue weighted by Gasteiger charge is -2.10. The lowest BCUT2D eigenvalue weighted by atomic mass is 10.2. The quantitative estimate of drug-likeness (QED) is 0.845. The van der Waals surface area contributed by atoms with E-state index in [4.69, 9.17) is 4.74 Å². The Kier molecular flexibility index (Phi) is 5.22. The zero-order chi connectivity index (χ0) is 16.9. The van der Waals surface area contributed by atoms with Crippen LogP contribution in [0, 0.1) is 5.82 Å². The molecule has 0 saturated heterocycles. The van der Waals surface area contributed by atoms with Crippen molar-refractivity contribution >= 4 is 15.9 Å². The smallest absolute Gasteiger partial charge is 0.269 e. The Morgan fingerprint density at radius 3 is 2.74 bits per heavy atom. The fourth-order valence-corrected chi connectivity index (χ4v) is 2.82. The summed E-state index contributed by atoms with van der Waals surface area (Å²) in [5, 5.41) is 0. The topological polar surface area (TPSA) is 98.2 Å². The molecule has 1 amide bonds. The molecule has 0 bridgehead atoms. The minimum absolute atomic E-state index is 0.0878. The first-order valence-corrected chi connectivity index (χ1v) is 8.14. The third-order valence-corrected chi connectivity index (χ3v) is 4.07. The molecule has 9 heteroatoms. The van der Waals surface area contributed by atoms with Crippen molar-refractivity contribution in [2.24, 2.45) is 0 Å². The Bertz CT molecular complexity index is 794. The predicted molar refractivity (Wildman–Crippen MR) is 78.6 cm³/mol. The Morgan fingerprint density at radius 1 is 1.30 bits per heavy atom. The molecule has 122 valence electrons. The highest BCUT2D eigenvalue weighted by Gasteiger charge is 2.23. The maximum absolute atomic E-state index is 12.8. The summed E-state index contributed by atoms with van der Waals surface area (Å²) in [6, 6.07) is 5.14. The number of nitrogens with one attached hydrogen (secondary N) is 1. The number of pyridine rings is 2. The Balaban J connectivity index is 2.14. The molecule has 0 aromatic carbocycles. The summed E-state index contributed by atoms with van der Waals surface area (Å²) in [5.41, 5.74) is 0.246. The number of carbonyl (C=O) groups excluding carboxylic acids is 1. The van der Waals surface area contributed by atoms with Crippen LogP contribution in [0.3, 0.4) is 0 Å². The summed E-state index contributed by atoms with van der Waals surface area (Å²) in [6.07, 6.45) is 2.03. The Hall–Kier alpha value is -2.55. The number of amides is 1. The van der Waals surface area contributed by atoms with Crippen molar-refractivity contribution in [3.05, 3.63) is 48.2 Å². The lowest BCUT2D eigenvalue weighted by Crippen LogP contribution is -2.32. The second-order valence-electron chi connectivity index (χ2n) is 4.41. The van der Waals surface area contributed by atoms with E-state index in [1.807, 2.05) is 4.72 Å². The largest absolute Gasteiger partial charge is 0.477 e. The van der Waals surface area contributed by atoms with Gasteiger partial charge in [0.1, 0.15) is 10.7 Å². The molecule has 0 fully saturated rings. The van der Waals surface area contributed by atoms with Gasteiger partial charge in [-0.3, -0.25) is 9.78 Å². The number of aromatic nitrogens is 2. The van der Waals surface area contributed by atoms with E-state index in [9.17, 15) is 17.6 Å². The molecule has 0 saturated carbocycles. The van der Waals surface area contributed by atoms with Crippen LogP contribution in [0.15, 0.2) is 41.6 Å². The van der Waals surface area contributed by atoms with Crippen LogP contribution < -0.4 is 9.46 Å². The number of nitrogens with zero attached hydrogens (tertiary/aromatic N) is 2. The van der Waals surface area contributed by atoms with E-state index in [0.717, 1.165) is 12.3 Å². The summed E-state index contributed by atoms with van der Waals surface area (Å²) in [5.74, 6) is -1.43. The maximum atomic E-state index is 12.8. The zero-order valence-corrected chi connectivity index (χ0v) is 13.0. The van der Waals surface area contributed by atoms with Gasteiger partial charge in [0.2, 0.25) is 11.8 Å². The van der Waals surface area contributed by atoms with Crippen LogP contribution in [0.25, 0.3) is 0 Å². The average Bonchev–Trinajstić information content (AvgIpc) is 2.50. The van der Waals surface area contributed by atoms with Crippen LogP contribution in [-0.4, -0.2) is 30.9 Å². The number of hydrogen-bond acceptors (Lipinski definition) is 6. The Morgan fingerprint density at radius 2 is 2.09 bits per heavy atom. The molecule has 2 aromatic rings. The van der Waals surface area contributed by atoms with Gasteiger partial charge in [0.25, 0.3) is 10.0 Å². The summed E-state index contributed by atoms with van der Waals surface area (Å²) in [4.78, 5) is 19.2. The van der Waals surface area contributed by atoms with Gasteiger partial charge in [0.05, 0.1) is 19.2 Å². The molecule has 7 nitrogen and oxygen atoms in total. The number of rotatable bonds is 6. The van der Waals surface area contributed by atoms with Gasteiger partial charge in [-0.25, -0.2) is 22.5 Å². The summed E-state index contributed by atoms with van der Waals surface area (Å²) in [6.45, 7) is 1.91. The van der Waals surface area contributed by atoms with E-state index in [0.29, 0.717) is 0 Å². The molecule has 0 aliphatic heterocycles. The van der Waals surface area contributed by atoms with Crippen molar-refractivity contribution in [1.29, 1.82) is 0 Å². The lowest BCUT2D eigenvalue weighted by molar-refractivity contribution is -0.118. The van der Waals surface area contributed by atoms with Crippen molar-refractivity contribution in [3.63, 3.8) is 0 Å².